The number of hydrogen-bond donors (Lipinski definition) is 4. The molecular weight excluding hydrogens is 827 g/mol. The van der Waals surface area contributed by atoms with E-state index in [1.165, 1.54) is 14.2 Å². The third-order valence-electron chi connectivity index (χ3n) is 13.0. The van der Waals surface area contributed by atoms with Crippen molar-refractivity contribution in [3.05, 3.63) is 102 Å². The van der Waals surface area contributed by atoms with Crippen LogP contribution in [0.3, 0.4) is 0 Å². The van der Waals surface area contributed by atoms with Crippen LogP contribution in [0.25, 0.3) is 44.7 Å². The summed E-state index contributed by atoms with van der Waals surface area (Å²) < 4.78 is 18.8. The standard InChI is InChI=1S/C49H55N9O7/c1-27(2)41(54-48(61)63-5)45(59)56-20-10-14-37(56)43-50-25-34(52-43)30-17-19-36-32(22-30)23-39-33-18-16-31(24-40(33)65-47(58(36)39)29-12-8-7-9-13-29)35-26-51-44(53-35)38-15-11-21-57(38)46(60)42(28(3)4)55-49(62)64-6/h7-9,12-13,16-19,22-28,37-38,41-42,47H,10-11,14-15,20-21H2,1-6H3,(H,50,52)(H,51,53)(H,54,61)(H,55,62)/t37?,38?,41-,42-,47-/m0/s1. The Balaban J connectivity index is 1.00. The highest BCUT2D eigenvalue weighted by Gasteiger charge is 2.39. The number of ether oxygens (including phenoxy) is 3. The third kappa shape index (κ3) is 8.17. The Morgan fingerprint density at radius 1 is 0.708 bits per heavy atom. The number of amides is 4. The van der Waals surface area contributed by atoms with E-state index in [2.05, 4.69) is 73.7 Å². The fraction of sp³-hybridized carbons (Fsp3) is 0.388. The molecule has 2 unspecified atom stereocenters. The zero-order valence-electron chi connectivity index (χ0n) is 37.5. The molecule has 2 fully saturated rings. The van der Waals surface area contributed by atoms with Crippen molar-refractivity contribution in [2.24, 2.45) is 11.8 Å². The molecule has 3 aliphatic rings. The Hall–Kier alpha value is -7.10. The Labute approximate surface area is 377 Å². The number of carbonyl (C=O) groups is 4. The fourth-order valence-corrected chi connectivity index (χ4v) is 9.56. The molecule has 0 saturated carbocycles. The van der Waals surface area contributed by atoms with Crippen molar-refractivity contribution in [1.82, 2.24) is 44.9 Å². The number of carbonyl (C=O) groups excluding carboxylic acids is 4. The summed E-state index contributed by atoms with van der Waals surface area (Å²) in [5, 5.41) is 6.46. The number of methoxy groups -OCH3 is 2. The summed E-state index contributed by atoms with van der Waals surface area (Å²) in [6.45, 7) is 8.75. The molecule has 3 aromatic carbocycles. The quantitative estimate of drug-likeness (QED) is 0.0997. The van der Waals surface area contributed by atoms with E-state index in [-0.39, 0.29) is 35.7 Å². The van der Waals surface area contributed by atoms with Crippen molar-refractivity contribution in [2.75, 3.05) is 27.3 Å². The Morgan fingerprint density at radius 3 is 1.78 bits per heavy atom. The van der Waals surface area contributed by atoms with E-state index in [1.807, 2.05) is 68.0 Å². The van der Waals surface area contributed by atoms with Crippen LogP contribution in [0.1, 0.15) is 88.9 Å². The van der Waals surface area contributed by atoms with Crippen molar-refractivity contribution in [1.29, 1.82) is 0 Å². The maximum Gasteiger partial charge on any atom is 0.407 e. The summed E-state index contributed by atoms with van der Waals surface area (Å²) >= 11 is 0. The number of H-pyrrole nitrogens is 2. The van der Waals surface area contributed by atoms with E-state index in [1.54, 1.807) is 6.20 Å². The average Bonchev–Trinajstić information content (AvgIpc) is 4.18. The maximum absolute atomic E-state index is 13.8. The lowest BCUT2D eigenvalue weighted by Crippen LogP contribution is -2.51. The van der Waals surface area contributed by atoms with Gasteiger partial charge in [0.15, 0.2) is 0 Å². The number of fused-ring (bicyclic) bond motifs is 5. The third-order valence-corrected chi connectivity index (χ3v) is 13.0. The second-order valence-electron chi connectivity index (χ2n) is 17.7. The number of nitrogens with one attached hydrogen (secondary N) is 4. The van der Waals surface area contributed by atoms with Crippen molar-refractivity contribution < 1.29 is 33.4 Å². The molecule has 338 valence electrons. The van der Waals surface area contributed by atoms with Gasteiger partial charge in [0.25, 0.3) is 0 Å². The van der Waals surface area contributed by atoms with Crippen LogP contribution >= 0.6 is 0 Å². The normalized spacial score (nSPS) is 18.9. The number of hydrogen-bond acceptors (Lipinski definition) is 9. The van der Waals surface area contributed by atoms with Gasteiger partial charge in [0.05, 0.1) is 61.3 Å². The summed E-state index contributed by atoms with van der Waals surface area (Å²) in [6.07, 6.45) is 5.05. The summed E-state index contributed by atoms with van der Waals surface area (Å²) in [5.74, 6) is 1.55. The van der Waals surface area contributed by atoms with Crippen LogP contribution in [-0.2, 0) is 19.1 Å². The lowest BCUT2D eigenvalue weighted by Gasteiger charge is -2.30. The molecular formula is C49H55N9O7. The van der Waals surface area contributed by atoms with Gasteiger partial charge < -0.3 is 49.2 Å². The maximum atomic E-state index is 13.8. The Bertz CT molecular complexity index is 2740. The molecule has 6 heterocycles. The molecule has 3 aliphatic heterocycles. The minimum Gasteiger partial charge on any atom is -0.465 e. The minimum absolute atomic E-state index is 0.128. The highest BCUT2D eigenvalue weighted by atomic mass is 16.5. The van der Waals surface area contributed by atoms with Gasteiger partial charge >= 0.3 is 12.2 Å². The van der Waals surface area contributed by atoms with Crippen molar-refractivity contribution in [2.45, 2.75) is 83.8 Å². The minimum atomic E-state index is -0.720. The molecule has 9 rings (SSSR count). The van der Waals surface area contributed by atoms with Gasteiger partial charge in [-0.15, -0.1) is 0 Å². The average molecular weight is 882 g/mol. The summed E-state index contributed by atoms with van der Waals surface area (Å²) in [7, 11) is 2.58. The fourth-order valence-electron chi connectivity index (χ4n) is 9.56. The number of nitrogens with zero attached hydrogens (tertiary/aromatic N) is 5. The van der Waals surface area contributed by atoms with Gasteiger partial charge in [0.1, 0.15) is 29.5 Å². The van der Waals surface area contributed by atoms with Crippen molar-refractivity contribution >= 4 is 34.9 Å². The van der Waals surface area contributed by atoms with E-state index >= 15 is 0 Å². The van der Waals surface area contributed by atoms with E-state index in [4.69, 9.17) is 24.2 Å². The van der Waals surface area contributed by atoms with Gasteiger partial charge in [-0.3, -0.25) is 9.59 Å². The Morgan fingerprint density at radius 2 is 1.25 bits per heavy atom. The first kappa shape index (κ1) is 43.2. The summed E-state index contributed by atoms with van der Waals surface area (Å²) in [4.78, 5) is 72.0. The molecule has 16 nitrogen and oxygen atoms in total. The van der Waals surface area contributed by atoms with Gasteiger partial charge in [-0.25, -0.2) is 19.6 Å². The number of rotatable bonds is 11. The van der Waals surface area contributed by atoms with Crippen LogP contribution < -0.4 is 15.4 Å². The zero-order valence-corrected chi connectivity index (χ0v) is 37.5. The second kappa shape index (κ2) is 17.8. The monoisotopic (exact) mass is 881 g/mol. The van der Waals surface area contributed by atoms with Crippen LogP contribution in [-0.4, -0.2) is 97.7 Å². The summed E-state index contributed by atoms with van der Waals surface area (Å²) in [6, 6.07) is 22.9. The van der Waals surface area contributed by atoms with Crippen molar-refractivity contribution in [3.63, 3.8) is 0 Å². The number of alkyl carbamates (subject to hydrolysis) is 2. The smallest absolute Gasteiger partial charge is 0.407 e. The molecule has 0 spiro atoms. The molecule has 16 heteroatoms. The van der Waals surface area contributed by atoms with Crippen molar-refractivity contribution in [3.8, 4) is 39.5 Å². The highest BCUT2D eigenvalue weighted by Crippen LogP contribution is 2.46. The zero-order chi connectivity index (χ0) is 45.5. The number of benzene rings is 3. The first-order chi connectivity index (χ1) is 31.4. The van der Waals surface area contributed by atoms with Crippen LogP contribution in [0.2, 0.25) is 0 Å². The molecule has 3 aromatic heterocycles. The first-order valence-electron chi connectivity index (χ1n) is 22.4. The predicted molar refractivity (Wildman–Crippen MR) is 243 cm³/mol. The molecule has 65 heavy (non-hydrogen) atoms. The molecule has 5 atom stereocenters. The number of aromatic amines is 2. The van der Waals surface area contributed by atoms with Crippen LogP contribution in [0.4, 0.5) is 9.59 Å². The topological polar surface area (TPSA) is 189 Å². The molecule has 4 amide bonds. The second-order valence-corrected chi connectivity index (χ2v) is 17.7. The molecule has 0 radical (unpaired) electrons. The van der Waals surface area contributed by atoms with Crippen LogP contribution in [0.5, 0.6) is 5.75 Å². The lowest BCUT2D eigenvalue weighted by molar-refractivity contribution is -0.136. The van der Waals surface area contributed by atoms with E-state index < -0.39 is 30.5 Å². The van der Waals surface area contributed by atoms with Gasteiger partial charge in [-0.1, -0.05) is 70.2 Å². The van der Waals surface area contributed by atoms with Gasteiger partial charge in [0, 0.05) is 40.7 Å². The first-order valence-corrected chi connectivity index (χ1v) is 22.4. The molecule has 6 aromatic rings. The van der Waals surface area contributed by atoms with Gasteiger partial charge in [0.2, 0.25) is 18.0 Å². The van der Waals surface area contributed by atoms with Crippen LogP contribution in [0.15, 0.2) is 85.2 Å². The number of aromatic nitrogens is 5. The predicted octanol–water partition coefficient (Wildman–Crippen LogP) is 8.12. The SMILES string of the molecule is COC(=O)N[C@H](C(=O)N1CCCC1c1ncc(-c2ccc3c(c2)O[C@@H](c2ccccc2)n2c-3cc3cc(-c4cnc(C5CCCN5C(=O)[C@@H](NC(=O)OC)C(C)C)[nH]4)ccc32)[nH]1)C(C)C. The highest BCUT2D eigenvalue weighted by molar-refractivity contribution is 5.93. The summed E-state index contributed by atoms with van der Waals surface area (Å²) in [5.41, 5.74) is 7.43. The Kier molecular flexibility index (Phi) is 11.8. The molecule has 0 bridgehead atoms. The number of likely N-dealkylation sites (tertiary alicyclic amines) is 2. The van der Waals surface area contributed by atoms with E-state index in [9.17, 15) is 19.2 Å². The molecule has 0 aliphatic carbocycles. The largest absolute Gasteiger partial charge is 0.465 e. The van der Waals surface area contributed by atoms with Gasteiger partial charge in [-0.05, 0) is 67.9 Å². The van der Waals surface area contributed by atoms with E-state index in [0.29, 0.717) is 24.7 Å². The molecule has 2 saturated heterocycles. The molecule has 4 N–H and O–H groups in total. The van der Waals surface area contributed by atoms with E-state index in [0.717, 1.165) is 81.7 Å². The number of imidazole rings is 2. The lowest BCUT2D eigenvalue weighted by atomic mass is 10.0. The van der Waals surface area contributed by atoms with Gasteiger partial charge in [-0.2, -0.15) is 0 Å². The van der Waals surface area contributed by atoms with Crippen LogP contribution in [0, 0.1) is 11.8 Å².